The van der Waals surface area contributed by atoms with E-state index >= 15 is 0 Å². The molecule has 0 radical (unpaired) electrons. The molecule has 9 heteroatoms. The van der Waals surface area contributed by atoms with Gasteiger partial charge in [0.05, 0.1) is 30.5 Å². The number of aryl methyl sites for hydroxylation is 3. The highest BCUT2D eigenvalue weighted by Gasteiger charge is 2.19. The van der Waals surface area contributed by atoms with Gasteiger partial charge in [0.15, 0.2) is 0 Å². The number of para-hydroxylation sites is 1. The highest BCUT2D eigenvalue weighted by atomic mass is 16.5. The van der Waals surface area contributed by atoms with Crippen molar-refractivity contribution >= 4 is 23.2 Å². The minimum Gasteiger partial charge on any atom is -0.497 e. The minimum absolute atomic E-state index is 0.0916. The Kier molecular flexibility index (Phi) is 7.10. The molecule has 0 aliphatic heterocycles. The van der Waals surface area contributed by atoms with Crippen molar-refractivity contribution in [3.05, 3.63) is 88.5 Å². The average Bonchev–Trinajstić information content (AvgIpc) is 3.12. The summed E-state index contributed by atoms with van der Waals surface area (Å²) in [6.07, 6.45) is 0.0916. The van der Waals surface area contributed by atoms with Crippen molar-refractivity contribution in [1.82, 2.24) is 19.7 Å². The van der Waals surface area contributed by atoms with Crippen LogP contribution in [0.15, 0.2) is 54.6 Å². The lowest BCUT2D eigenvalue weighted by atomic mass is 10.1. The minimum atomic E-state index is -0.341. The molecule has 0 aliphatic carbocycles. The van der Waals surface area contributed by atoms with Crippen LogP contribution in [0.3, 0.4) is 0 Å². The van der Waals surface area contributed by atoms with Crippen LogP contribution in [0.25, 0.3) is 5.95 Å². The van der Waals surface area contributed by atoms with Gasteiger partial charge < -0.3 is 15.4 Å². The van der Waals surface area contributed by atoms with Crippen molar-refractivity contribution in [1.29, 1.82) is 0 Å². The zero-order valence-electron chi connectivity index (χ0n) is 20.9. The Labute approximate surface area is 209 Å². The van der Waals surface area contributed by atoms with E-state index in [2.05, 4.69) is 25.7 Å². The summed E-state index contributed by atoms with van der Waals surface area (Å²) in [7, 11) is 1.56. The summed E-state index contributed by atoms with van der Waals surface area (Å²) in [4.78, 5) is 35.0. The SMILES string of the molecule is COc1cccc(NC(=O)c2ccccc2NC(=O)Cc2c(C)nn(-c3nc(C)cc(C)n3)c2C)c1. The van der Waals surface area contributed by atoms with Crippen molar-refractivity contribution < 1.29 is 14.3 Å². The van der Waals surface area contributed by atoms with Gasteiger partial charge in [0.2, 0.25) is 5.91 Å². The second kappa shape index (κ2) is 10.4. The number of methoxy groups -OCH3 is 1. The first-order valence-electron chi connectivity index (χ1n) is 11.5. The van der Waals surface area contributed by atoms with Crippen molar-refractivity contribution in [2.75, 3.05) is 17.7 Å². The molecule has 0 atom stereocenters. The number of hydrogen-bond donors (Lipinski definition) is 2. The molecule has 0 saturated carbocycles. The van der Waals surface area contributed by atoms with Crippen LogP contribution in [0.4, 0.5) is 11.4 Å². The van der Waals surface area contributed by atoms with Crippen LogP contribution in [0.2, 0.25) is 0 Å². The molecule has 0 spiro atoms. The zero-order chi connectivity index (χ0) is 25.8. The molecule has 2 amide bonds. The number of nitrogens with zero attached hydrogens (tertiary/aromatic N) is 4. The fourth-order valence-corrected chi connectivity index (χ4v) is 3.97. The molecular weight excluding hydrogens is 456 g/mol. The Morgan fingerprint density at radius 1 is 0.917 bits per heavy atom. The van der Waals surface area contributed by atoms with Crippen molar-refractivity contribution in [2.24, 2.45) is 0 Å². The van der Waals surface area contributed by atoms with Gasteiger partial charge in [-0.3, -0.25) is 9.59 Å². The number of rotatable bonds is 7. The maximum absolute atomic E-state index is 13.0. The predicted octanol–water partition coefficient (Wildman–Crippen LogP) is 4.34. The van der Waals surface area contributed by atoms with Crippen LogP contribution >= 0.6 is 0 Å². The molecule has 2 aromatic carbocycles. The van der Waals surface area contributed by atoms with E-state index in [1.165, 1.54) is 0 Å². The normalized spacial score (nSPS) is 10.7. The predicted molar refractivity (Wildman–Crippen MR) is 138 cm³/mol. The van der Waals surface area contributed by atoms with E-state index in [-0.39, 0.29) is 18.2 Å². The smallest absolute Gasteiger partial charge is 0.257 e. The van der Waals surface area contributed by atoms with Gasteiger partial charge in [-0.25, -0.2) is 14.6 Å². The number of nitrogens with one attached hydrogen (secondary N) is 2. The first-order valence-corrected chi connectivity index (χ1v) is 11.5. The average molecular weight is 485 g/mol. The zero-order valence-corrected chi connectivity index (χ0v) is 20.9. The largest absolute Gasteiger partial charge is 0.497 e. The Balaban J connectivity index is 1.52. The number of anilines is 2. The number of benzene rings is 2. The molecule has 36 heavy (non-hydrogen) atoms. The molecule has 2 N–H and O–H groups in total. The summed E-state index contributed by atoms with van der Waals surface area (Å²) in [6, 6.07) is 15.8. The van der Waals surface area contributed by atoms with Crippen molar-refractivity contribution in [3.63, 3.8) is 0 Å². The summed E-state index contributed by atoms with van der Waals surface area (Å²) < 4.78 is 6.87. The summed E-state index contributed by atoms with van der Waals surface area (Å²) >= 11 is 0. The first kappa shape index (κ1) is 24.6. The van der Waals surface area contributed by atoms with E-state index in [1.807, 2.05) is 33.8 Å². The summed E-state index contributed by atoms with van der Waals surface area (Å²) in [5, 5.41) is 10.3. The topological polar surface area (TPSA) is 111 Å². The van der Waals surface area contributed by atoms with Crippen LogP contribution in [0.5, 0.6) is 5.75 Å². The van der Waals surface area contributed by atoms with E-state index in [0.29, 0.717) is 28.6 Å². The maximum atomic E-state index is 13.0. The van der Waals surface area contributed by atoms with Gasteiger partial charge >= 0.3 is 0 Å². The number of carbonyl (C=O) groups excluding carboxylic acids is 2. The molecule has 9 nitrogen and oxygen atoms in total. The summed E-state index contributed by atoms with van der Waals surface area (Å²) in [6.45, 7) is 7.55. The fourth-order valence-electron chi connectivity index (χ4n) is 3.97. The summed E-state index contributed by atoms with van der Waals surface area (Å²) in [5.41, 5.74) is 5.33. The van der Waals surface area contributed by atoms with Gasteiger partial charge in [-0.05, 0) is 58.0 Å². The van der Waals surface area contributed by atoms with Crippen LogP contribution in [-0.2, 0) is 11.2 Å². The molecule has 2 heterocycles. The quantitative estimate of drug-likeness (QED) is 0.404. The van der Waals surface area contributed by atoms with Crippen LogP contribution in [0, 0.1) is 27.7 Å². The van der Waals surface area contributed by atoms with Gasteiger partial charge in [0, 0.05) is 34.4 Å². The number of amides is 2. The van der Waals surface area contributed by atoms with Gasteiger partial charge in [0.25, 0.3) is 11.9 Å². The van der Waals surface area contributed by atoms with Crippen molar-refractivity contribution in [2.45, 2.75) is 34.1 Å². The molecule has 4 aromatic rings. The van der Waals surface area contributed by atoms with Gasteiger partial charge in [-0.15, -0.1) is 0 Å². The van der Waals surface area contributed by atoms with Crippen LogP contribution in [0.1, 0.15) is 38.7 Å². The molecular formula is C27H28N6O3. The lowest BCUT2D eigenvalue weighted by Gasteiger charge is -2.12. The molecule has 0 saturated heterocycles. The summed E-state index contributed by atoms with van der Waals surface area (Å²) in [5.74, 6) is 0.501. The van der Waals surface area contributed by atoms with E-state index in [9.17, 15) is 9.59 Å². The second-order valence-corrected chi connectivity index (χ2v) is 8.47. The number of carbonyl (C=O) groups is 2. The molecule has 0 unspecified atom stereocenters. The Bertz CT molecular complexity index is 1420. The highest BCUT2D eigenvalue weighted by molar-refractivity contribution is 6.10. The third-order valence-corrected chi connectivity index (χ3v) is 5.71. The van der Waals surface area contributed by atoms with Crippen LogP contribution in [-0.4, -0.2) is 38.7 Å². The monoisotopic (exact) mass is 484 g/mol. The lowest BCUT2D eigenvalue weighted by Crippen LogP contribution is -2.20. The first-order chi connectivity index (χ1) is 17.2. The van der Waals surface area contributed by atoms with E-state index in [1.54, 1.807) is 60.3 Å². The van der Waals surface area contributed by atoms with Gasteiger partial charge in [-0.1, -0.05) is 18.2 Å². The van der Waals surface area contributed by atoms with Crippen molar-refractivity contribution in [3.8, 4) is 11.7 Å². The second-order valence-electron chi connectivity index (χ2n) is 8.47. The molecule has 2 aromatic heterocycles. The Morgan fingerprint density at radius 3 is 2.36 bits per heavy atom. The third-order valence-electron chi connectivity index (χ3n) is 5.71. The Hall–Kier alpha value is -4.53. The molecule has 0 bridgehead atoms. The molecule has 0 aliphatic rings. The molecule has 4 rings (SSSR count). The lowest BCUT2D eigenvalue weighted by molar-refractivity contribution is -0.115. The van der Waals surface area contributed by atoms with E-state index in [4.69, 9.17) is 4.74 Å². The maximum Gasteiger partial charge on any atom is 0.257 e. The van der Waals surface area contributed by atoms with Gasteiger partial charge in [0.1, 0.15) is 5.75 Å². The molecule has 0 fully saturated rings. The number of ether oxygens (including phenoxy) is 1. The van der Waals surface area contributed by atoms with E-state index < -0.39 is 0 Å². The number of hydrogen-bond acceptors (Lipinski definition) is 6. The molecule has 184 valence electrons. The van der Waals surface area contributed by atoms with Crippen LogP contribution < -0.4 is 15.4 Å². The van der Waals surface area contributed by atoms with Gasteiger partial charge in [-0.2, -0.15) is 5.10 Å². The van der Waals surface area contributed by atoms with E-state index in [0.717, 1.165) is 28.3 Å². The standard InChI is InChI=1S/C27H28N6O3/c1-16-13-17(2)29-27(28-16)33-19(4)23(18(3)32-33)15-25(34)31-24-12-7-6-11-22(24)26(35)30-20-9-8-10-21(14-20)36-5/h6-14H,15H2,1-5H3,(H,30,35)(H,31,34). The number of aromatic nitrogens is 4. The fraction of sp³-hybridized carbons (Fsp3) is 0.222. The third kappa shape index (κ3) is 5.41. The highest BCUT2D eigenvalue weighted by Crippen LogP contribution is 2.22. The Morgan fingerprint density at radius 2 is 1.64 bits per heavy atom.